The average molecular weight is 508 g/mol. The number of amides is 2. The first kappa shape index (κ1) is 27.6. The fraction of sp³-hybridized carbons (Fsp3) is 0.704. The number of hydrogen-bond acceptors (Lipinski definition) is 5. The SMILES string of the molecule is CCCCN1C(=O)[C@H](CC2CCCCC2)NC(=O)C12CCN(Cc1ccc(OC)c(O)c1)CC2.Cl. The molecule has 7 nitrogen and oxygen atoms in total. The van der Waals surface area contributed by atoms with Gasteiger partial charge in [-0.3, -0.25) is 14.5 Å². The Labute approximate surface area is 216 Å². The van der Waals surface area contributed by atoms with Crippen LogP contribution in [0.4, 0.5) is 0 Å². The van der Waals surface area contributed by atoms with Crippen LogP contribution in [0, 0.1) is 5.92 Å². The summed E-state index contributed by atoms with van der Waals surface area (Å²) in [5, 5.41) is 13.3. The second-order valence-corrected chi connectivity index (χ2v) is 10.4. The average Bonchev–Trinajstić information content (AvgIpc) is 2.84. The summed E-state index contributed by atoms with van der Waals surface area (Å²) in [5.41, 5.74) is 0.280. The number of phenols is 1. The largest absolute Gasteiger partial charge is 0.504 e. The van der Waals surface area contributed by atoms with Crippen molar-refractivity contribution in [2.45, 2.75) is 89.3 Å². The molecule has 3 aliphatic rings. The number of piperidine rings is 1. The summed E-state index contributed by atoms with van der Waals surface area (Å²) in [7, 11) is 1.54. The van der Waals surface area contributed by atoms with Crippen LogP contribution >= 0.6 is 12.4 Å². The van der Waals surface area contributed by atoms with Crippen molar-refractivity contribution in [2.24, 2.45) is 5.92 Å². The molecule has 0 radical (unpaired) electrons. The topological polar surface area (TPSA) is 82.1 Å². The number of methoxy groups -OCH3 is 1. The first-order valence-corrected chi connectivity index (χ1v) is 13.2. The number of rotatable bonds is 8. The third-order valence-electron chi connectivity index (χ3n) is 8.17. The maximum absolute atomic E-state index is 13.7. The van der Waals surface area contributed by atoms with Gasteiger partial charge in [0.1, 0.15) is 11.6 Å². The van der Waals surface area contributed by atoms with Crippen molar-refractivity contribution >= 4 is 24.2 Å². The van der Waals surface area contributed by atoms with Crippen LogP contribution < -0.4 is 10.1 Å². The van der Waals surface area contributed by atoms with E-state index in [2.05, 4.69) is 17.1 Å². The summed E-state index contributed by atoms with van der Waals surface area (Å²) in [6.45, 7) is 4.97. The lowest BCUT2D eigenvalue weighted by atomic mass is 9.79. The van der Waals surface area contributed by atoms with Crippen molar-refractivity contribution in [2.75, 3.05) is 26.7 Å². The van der Waals surface area contributed by atoms with Crippen molar-refractivity contribution in [1.29, 1.82) is 0 Å². The van der Waals surface area contributed by atoms with Crippen LogP contribution in [-0.2, 0) is 16.1 Å². The molecule has 3 fully saturated rings. The van der Waals surface area contributed by atoms with Gasteiger partial charge in [0.25, 0.3) is 0 Å². The molecule has 1 saturated carbocycles. The molecule has 2 heterocycles. The zero-order valence-electron chi connectivity index (χ0n) is 21.3. The molecule has 1 aromatic carbocycles. The number of benzene rings is 1. The van der Waals surface area contributed by atoms with Crippen molar-refractivity contribution in [3.05, 3.63) is 23.8 Å². The fourth-order valence-electron chi connectivity index (χ4n) is 6.10. The lowest BCUT2D eigenvalue weighted by Gasteiger charge is -2.52. The van der Waals surface area contributed by atoms with E-state index in [0.29, 0.717) is 37.6 Å². The number of carbonyl (C=O) groups excluding carboxylic acids is 2. The highest BCUT2D eigenvalue weighted by atomic mass is 35.5. The van der Waals surface area contributed by atoms with Crippen LogP contribution in [-0.4, -0.2) is 65.0 Å². The number of phenolic OH excluding ortho intramolecular Hbond substituents is 1. The molecular formula is C27H42ClN3O4. The summed E-state index contributed by atoms with van der Waals surface area (Å²) < 4.78 is 5.14. The maximum atomic E-state index is 13.7. The smallest absolute Gasteiger partial charge is 0.246 e. The highest BCUT2D eigenvalue weighted by Crippen LogP contribution is 2.36. The Kier molecular flexibility index (Phi) is 9.70. The lowest BCUT2D eigenvalue weighted by molar-refractivity contribution is -0.162. The standard InChI is InChI=1S/C27H41N3O4.ClH/c1-3-4-14-30-25(32)22(17-20-8-6-5-7-9-20)28-26(33)27(30)12-15-29(16-13-27)19-21-10-11-24(34-2)23(31)18-21;/h10-11,18,20,22,31H,3-9,12-17,19H2,1-2H3,(H,28,33);1H/t22-;/m0./s1. The summed E-state index contributed by atoms with van der Waals surface area (Å²) in [4.78, 5) is 31.5. The van der Waals surface area contributed by atoms with E-state index < -0.39 is 5.54 Å². The minimum Gasteiger partial charge on any atom is -0.504 e. The molecule has 1 aromatic rings. The molecule has 1 atom stereocenters. The minimum absolute atomic E-state index is 0. The van der Waals surface area contributed by atoms with Crippen LogP contribution in [0.15, 0.2) is 18.2 Å². The number of carbonyl (C=O) groups is 2. The second-order valence-electron chi connectivity index (χ2n) is 10.4. The monoisotopic (exact) mass is 507 g/mol. The van der Waals surface area contributed by atoms with E-state index in [0.717, 1.165) is 37.9 Å². The molecule has 196 valence electrons. The second kappa shape index (κ2) is 12.3. The Bertz CT molecular complexity index is 866. The van der Waals surface area contributed by atoms with Gasteiger partial charge >= 0.3 is 0 Å². The van der Waals surface area contributed by atoms with Gasteiger partial charge in [-0.15, -0.1) is 12.4 Å². The Balaban J connectivity index is 0.00000342. The molecule has 35 heavy (non-hydrogen) atoms. The number of unbranched alkanes of at least 4 members (excludes halogenated alkanes) is 1. The summed E-state index contributed by atoms with van der Waals surface area (Å²) in [6.07, 6.45) is 10.1. The van der Waals surface area contributed by atoms with Crippen molar-refractivity contribution < 1.29 is 19.4 Å². The molecule has 0 unspecified atom stereocenters. The molecule has 1 aliphatic carbocycles. The predicted molar refractivity (Wildman–Crippen MR) is 139 cm³/mol. The van der Waals surface area contributed by atoms with E-state index in [1.54, 1.807) is 19.2 Å². The van der Waals surface area contributed by atoms with Crippen LogP contribution in [0.5, 0.6) is 11.5 Å². The summed E-state index contributed by atoms with van der Waals surface area (Å²) in [5.74, 6) is 1.33. The molecule has 2 amide bonds. The Morgan fingerprint density at radius 3 is 2.49 bits per heavy atom. The van der Waals surface area contributed by atoms with E-state index in [1.165, 1.54) is 32.1 Å². The Morgan fingerprint density at radius 1 is 1.14 bits per heavy atom. The molecule has 1 spiro atoms. The number of likely N-dealkylation sites (tertiary alicyclic amines) is 1. The quantitative estimate of drug-likeness (QED) is 0.549. The number of nitrogens with one attached hydrogen (secondary N) is 1. The molecule has 0 bridgehead atoms. The fourth-order valence-corrected chi connectivity index (χ4v) is 6.10. The number of nitrogens with zero attached hydrogens (tertiary/aromatic N) is 2. The van der Waals surface area contributed by atoms with Gasteiger partial charge in [0, 0.05) is 26.2 Å². The minimum atomic E-state index is -0.728. The molecular weight excluding hydrogens is 466 g/mol. The zero-order valence-corrected chi connectivity index (χ0v) is 22.1. The van der Waals surface area contributed by atoms with Gasteiger partial charge in [0.2, 0.25) is 11.8 Å². The number of ether oxygens (including phenoxy) is 1. The number of hydrogen-bond donors (Lipinski definition) is 2. The van der Waals surface area contributed by atoms with Crippen molar-refractivity contribution in [1.82, 2.24) is 15.1 Å². The molecule has 2 saturated heterocycles. The van der Waals surface area contributed by atoms with Crippen LogP contribution in [0.2, 0.25) is 0 Å². The van der Waals surface area contributed by atoms with Gasteiger partial charge in [-0.1, -0.05) is 51.5 Å². The van der Waals surface area contributed by atoms with E-state index in [9.17, 15) is 14.7 Å². The van der Waals surface area contributed by atoms with Gasteiger partial charge in [0.05, 0.1) is 7.11 Å². The normalized spacial score (nSPS) is 23.1. The van der Waals surface area contributed by atoms with Gasteiger partial charge in [-0.25, -0.2) is 0 Å². The van der Waals surface area contributed by atoms with E-state index in [-0.39, 0.29) is 36.0 Å². The van der Waals surface area contributed by atoms with E-state index in [1.807, 2.05) is 11.0 Å². The third-order valence-corrected chi connectivity index (χ3v) is 8.17. The van der Waals surface area contributed by atoms with Crippen LogP contribution in [0.25, 0.3) is 0 Å². The Morgan fingerprint density at radius 2 is 1.86 bits per heavy atom. The zero-order chi connectivity index (χ0) is 24.1. The third kappa shape index (κ3) is 6.05. The van der Waals surface area contributed by atoms with Crippen LogP contribution in [0.3, 0.4) is 0 Å². The van der Waals surface area contributed by atoms with Gasteiger partial charge < -0.3 is 20.1 Å². The van der Waals surface area contributed by atoms with E-state index in [4.69, 9.17) is 4.74 Å². The molecule has 0 aromatic heterocycles. The first-order valence-electron chi connectivity index (χ1n) is 13.2. The van der Waals surface area contributed by atoms with Crippen LogP contribution in [0.1, 0.15) is 76.7 Å². The molecule has 2 aliphatic heterocycles. The number of halogens is 1. The molecule has 2 N–H and O–H groups in total. The Hall–Kier alpha value is -1.99. The molecule has 4 rings (SSSR count). The van der Waals surface area contributed by atoms with E-state index >= 15 is 0 Å². The first-order chi connectivity index (χ1) is 16.5. The van der Waals surface area contributed by atoms with Crippen molar-refractivity contribution in [3.8, 4) is 11.5 Å². The predicted octanol–water partition coefficient (Wildman–Crippen LogP) is 4.25. The highest BCUT2D eigenvalue weighted by molar-refractivity contribution is 6.00. The lowest BCUT2D eigenvalue weighted by Crippen LogP contribution is -2.73. The summed E-state index contributed by atoms with van der Waals surface area (Å²) >= 11 is 0. The van der Waals surface area contributed by atoms with Crippen molar-refractivity contribution in [3.63, 3.8) is 0 Å². The highest BCUT2D eigenvalue weighted by Gasteiger charge is 2.53. The molecule has 8 heteroatoms. The number of aromatic hydroxyl groups is 1. The summed E-state index contributed by atoms with van der Waals surface area (Å²) in [6, 6.07) is 5.12. The van der Waals surface area contributed by atoms with Gasteiger partial charge in [0.15, 0.2) is 11.5 Å². The maximum Gasteiger partial charge on any atom is 0.246 e. The van der Waals surface area contributed by atoms with Gasteiger partial charge in [-0.2, -0.15) is 0 Å². The number of piperazine rings is 1. The van der Waals surface area contributed by atoms with Gasteiger partial charge in [-0.05, 0) is 49.3 Å².